The van der Waals surface area contributed by atoms with E-state index in [2.05, 4.69) is 15.5 Å². The third kappa shape index (κ3) is 1.93. The van der Waals surface area contributed by atoms with E-state index < -0.39 is 17.3 Å². The van der Waals surface area contributed by atoms with Gasteiger partial charge in [0.25, 0.3) is 0 Å². The Balaban J connectivity index is 2.12. The quantitative estimate of drug-likeness (QED) is 0.689. The first kappa shape index (κ1) is 16.5. The van der Waals surface area contributed by atoms with Gasteiger partial charge >= 0.3 is 5.97 Å². The number of aromatic amines is 1. The fourth-order valence-corrected chi connectivity index (χ4v) is 3.79. The molecule has 0 saturated heterocycles. The molecule has 134 valence electrons. The van der Waals surface area contributed by atoms with Crippen LogP contribution in [0, 0.1) is 6.92 Å². The summed E-state index contributed by atoms with van der Waals surface area (Å²) < 4.78 is 10.7. The molecule has 1 unspecified atom stereocenters. The van der Waals surface area contributed by atoms with Crippen molar-refractivity contribution in [1.82, 2.24) is 10.2 Å². The summed E-state index contributed by atoms with van der Waals surface area (Å²) in [6.45, 7) is 3.52. The highest BCUT2D eigenvalue weighted by Gasteiger charge is 2.60. The summed E-state index contributed by atoms with van der Waals surface area (Å²) in [6.07, 6.45) is 0. The number of H-pyrrole nitrogens is 1. The van der Waals surface area contributed by atoms with Crippen molar-refractivity contribution in [1.29, 1.82) is 0 Å². The summed E-state index contributed by atoms with van der Waals surface area (Å²) in [5.41, 5.74) is 6.40. The van der Waals surface area contributed by atoms with Gasteiger partial charge in [0.15, 0.2) is 0 Å². The van der Waals surface area contributed by atoms with Gasteiger partial charge in [-0.05, 0) is 32.0 Å². The smallest absolute Gasteiger partial charge is 0.341 e. The number of anilines is 1. The molecule has 4 N–H and O–H groups in total. The average molecular weight is 375 g/mol. The lowest BCUT2D eigenvalue weighted by atomic mass is 9.68. The fraction of sp³-hybridized carbons (Fsp3) is 0.235. The molecule has 1 aromatic carbocycles. The predicted molar refractivity (Wildman–Crippen MR) is 92.7 cm³/mol. The molecule has 9 heteroatoms. The predicted octanol–water partition coefficient (Wildman–Crippen LogP) is 1.74. The zero-order valence-electron chi connectivity index (χ0n) is 14.0. The largest absolute Gasteiger partial charge is 0.462 e. The minimum atomic E-state index is -1.55. The van der Waals surface area contributed by atoms with E-state index >= 15 is 0 Å². The number of aromatic nitrogens is 2. The number of aryl methyl sites for hydroxylation is 1. The molecule has 0 aliphatic carbocycles. The molecular formula is C17H15ClN4O4. The Kier molecular flexibility index (Phi) is 3.48. The zero-order valence-corrected chi connectivity index (χ0v) is 14.7. The highest BCUT2D eigenvalue weighted by atomic mass is 35.5. The maximum Gasteiger partial charge on any atom is 0.341 e. The van der Waals surface area contributed by atoms with Gasteiger partial charge in [-0.2, -0.15) is 0 Å². The van der Waals surface area contributed by atoms with E-state index in [9.17, 15) is 9.59 Å². The van der Waals surface area contributed by atoms with Gasteiger partial charge in [0.05, 0.1) is 12.2 Å². The monoisotopic (exact) mass is 374 g/mol. The maximum absolute atomic E-state index is 13.2. The topological polar surface area (TPSA) is 119 Å². The first-order chi connectivity index (χ1) is 12.4. The molecule has 4 rings (SSSR count). The summed E-state index contributed by atoms with van der Waals surface area (Å²) in [5.74, 6) is -1.28. The van der Waals surface area contributed by atoms with Crippen LogP contribution in [0.4, 0.5) is 5.69 Å². The maximum atomic E-state index is 13.2. The molecule has 2 aliphatic rings. The number of carbonyl (C=O) groups is 2. The number of halogens is 1. The summed E-state index contributed by atoms with van der Waals surface area (Å²) >= 11 is 6.18. The number of fused-ring (bicyclic) bond motifs is 4. The molecule has 2 aliphatic heterocycles. The number of nitrogens with zero attached hydrogens (tertiary/aromatic N) is 1. The second kappa shape index (κ2) is 5.50. The van der Waals surface area contributed by atoms with Crippen molar-refractivity contribution in [3.63, 3.8) is 0 Å². The van der Waals surface area contributed by atoms with Crippen LogP contribution in [0.25, 0.3) is 0 Å². The lowest BCUT2D eigenvalue weighted by Crippen LogP contribution is -2.46. The Labute approximate surface area is 153 Å². The number of hydrogen-bond donors (Lipinski definition) is 3. The number of benzene rings is 1. The van der Waals surface area contributed by atoms with Gasteiger partial charge in [0.2, 0.25) is 17.7 Å². The summed E-state index contributed by atoms with van der Waals surface area (Å²) in [5, 5.41) is 10.1. The summed E-state index contributed by atoms with van der Waals surface area (Å²) in [6, 6.07) is 4.95. The van der Waals surface area contributed by atoms with Gasteiger partial charge < -0.3 is 20.5 Å². The van der Waals surface area contributed by atoms with Crippen molar-refractivity contribution in [2.75, 3.05) is 11.9 Å². The Morgan fingerprint density at radius 2 is 2.23 bits per heavy atom. The number of rotatable bonds is 2. The van der Waals surface area contributed by atoms with E-state index in [0.717, 1.165) is 0 Å². The van der Waals surface area contributed by atoms with Gasteiger partial charge in [-0.3, -0.25) is 9.89 Å². The molecule has 0 saturated carbocycles. The lowest BCUT2D eigenvalue weighted by molar-refractivity contribution is -0.140. The van der Waals surface area contributed by atoms with E-state index in [-0.39, 0.29) is 23.9 Å². The van der Waals surface area contributed by atoms with Gasteiger partial charge in [-0.15, -0.1) is 5.10 Å². The molecule has 0 radical (unpaired) electrons. The Morgan fingerprint density at radius 3 is 2.96 bits per heavy atom. The van der Waals surface area contributed by atoms with Crippen molar-refractivity contribution < 1.29 is 19.1 Å². The van der Waals surface area contributed by atoms with Gasteiger partial charge in [-0.1, -0.05) is 11.6 Å². The number of ether oxygens (including phenoxy) is 2. The molecule has 3 heterocycles. The molecule has 1 spiro atoms. The van der Waals surface area contributed by atoms with E-state index in [0.29, 0.717) is 27.5 Å². The van der Waals surface area contributed by atoms with Crippen molar-refractivity contribution in [2.24, 2.45) is 5.73 Å². The Bertz CT molecular complexity index is 997. The normalized spacial score (nSPS) is 20.5. The van der Waals surface area contributed by atoms with Crippen LogP contribution in [-0.4, -0.2) is 28.7 Å². The van der Waals surface area contributed by atoms with Crippen LogP contribution >= 0.6 is 11.6 Å². The van der Waals surface area contributed by atoms with Crippen LogP contribution < -0.4 is 15.8 Å². The van der Waals surface area contributed by atoms with E-state index in [4.69, 9.17) is 26.8 Å². The number of amides is 1. The number of esters is 1. The first-order valence-corrected chi connectivity index (χ1v) is 8.31. The molecule has 0 fully saturated rings. The zero-order chi connectivity index (χ0) is 18.6. The number of nitrogens with two attached hydrogens (primary N) is 1. The van der Waals surface area contributed by atoms with Crippen LogP contribution in [0.3, 0.4) is 0 Å². The van der Waals surface area contributed by atoms with Crippen molar-refractivity contribution in [3.8, 4) is 5.88 Å². The lowest BCUT2D eigenvalue weighted by Gasteiger charge is -2.33. The highest BCUT2D eigenvalue weighted by molar-refractivity contribution is 6.31. The molecule has 1 atom stereocenters. The average Bonchev–Trinajstić information content (AvgIpc) is 3.07. The number of carbonyl (C=O) groups excluding carboxylic acids is 2. The molecule has 8 nitrogen and oxygen atoms in total. The second-order valence-corrected chi connectivity index (χ2v) is 6.42. The third-order valence-electron chi connectivity index (χ3n) is 4.57. The molecule has 1 aromatic heterocycles. The van der Waals surface area contributed by atoms with Gasteiger partial charge in [-0.25, -0.2) is 4.79 Å². The molecule has 1 amide bonds. The highest BCUT2D eigenvalue weighted by Crippen LogP contribution is 2.54. The fourth-order valence-electron chi connectivity index (χ4n) is 3.61. The van der Waals surface area contributed by atoms with E-state index in [1.54, 1.807) is 32.0 Å². The van der Waals surface area contributed by atoms with Crippen LogP contribution in [0.15, 0.2) is 29.7 Å². The van der Waals surface area contributed by atoms with Crippen molar-refractivity contribution in [2.45, 2.75) is 19.3 Å². The van der Waals surface area contributed by atoms with E-state index in [1.165, 1.54) is 0 Å². The Morgan fingerprint density at radius 1 is 1.46 bits per heavy atom. The first-order valence-electron chi connectivity index (χ1n) is 7.93. The summed E-state index contributed by atoms with van der Waals surface area (Å²) in [7, 11) is 0. The van der Waals surface area contributed by atoms with Crippen LogP contribution in [0.1, 0.15) is 23.7 Å². The van der Waals surface area contributed by atoms with Crippen LogP contribution in [0.5, 0.6) is 5.88 Å². The van der Waals surface area contributed by atoms with E-state index in [1.807, 2.05) is 0 Å². The van der Waals surface area contributed by atoms with Gasteiger partial charge in [0, 0.05) is 22.0 Å². The molecule has 26 heavy (non-hydrogen) atoms. The standard InChI is InChI=1S/C17H15ClN4O4/c1-3-25-15(23)12-13(19)26-14-11(7(2)21-22-14)17(12)9-6-8(18)4-5-10(9)20-16(17)24/h4-6H,3,19H2,1-2H3,(H,20,24)(H,21,22). The number of nitrogens with one attached hydrogen (secondary N) is 2. The summed E-state index contributed by atoms with van der Waals surface area (Å²) in [4.78, 5) is 26.0. The SMILES string of the molecule is CCOC(=O)C1=C(N)Oc2n[nH]c(C)c2C12C(=O)Nc1ccc(Cl)cc12. The molecule has 2 aromatic rings. The Hall–Kier alpha value is -3.00. The van der Waals surface area contributed by atoms with Crippen LogP contribution in [-0.2, 0) is 19.7 Å². The van der Waals surface area contributed by atoms with Crippen molar-refractivity contribution in [3.05, 3.63) is 51.5 Å². The molecule has 0 bridgehead atoms. The minimum absolute atomic E-state index is 0.0881. The van der Waals surface area contributed by atoms with Crippen LogP contribution in [0.2, 0.25) is 5.02 Å². The third-order valence-corrected chi connectivity index (χ3v) is 4.81. The van der Waals surface area contributed by atoms with Crippen molar-refractivity contribution >= 4 is 29.2 Å². The minimum Gasteiger partial charge on any atom is -0.462 e. The van der Waals surface area contributed by atoms with Gasteiger partial charge in [0.1, 0.15) is 11.0 Å². The second-order valence-electron chi connectivity index (χ2n) is 5.98. The number of hydrogen-bond acceptors (Lipinski definition) is 6. The molecular weight excluding hydrogens is 360 g/mol.